The highest BCUT2D eigenvalue weighted by atomic mass is 32.2. The van der Waals surface area contributed by atoms with Crippen molar-refractivity contribution in [2.24, 2.45) is 0 Å². The minimum absolute atomic E-state index is 0.0378. The fourth-order valence-corrected chi connectivity index (χ4v) is 6.20. The van der Waals surface area contributed by atoms with Gasteiger partial charge in [-0.2, -0.15) is 0 Å². The molecule has 3 aromatic rings. The zero-order valence-corrected chi connectivity index (χ0v) is 22.7. The highest BCUT2D eigenvalue weighted by Crippen LogP contribution is 2.50. The first-order valence-corrected chi connectivity index (χ1v) is 13.5. The summed E-state index contributed by atoms with van der Waals surface area (Å²) in [6, 6.07) is 19.8. The number of carboxylic acids is 1. The van der Waals surface area contributed by atoms with E-state index < -0.39 is 12.1 Å². The van der Waals surface area contributed by atoms with Gasteiger partial charge in [0.05, 0.1) is 11.7 Å². The third-order valence-electron chi connectivity index (χ3n) is 7.39. The normalized spacial score (nSPS) is 17.1. The number of aryl methyl sites for hydroxylation is 1. The van der Waals surface area contributed by atoms with Crippen molar-refractivity contribution in [2.45, 2.75) is 75.0 Å². The monoisotopic (exact) mass is 500 g/mol. The molecule has 0 radical (unpaired) electrons. The number of hydrogen-bond donors (Lipinski definition) is 2. The summed E-state index contributed by atoms with van der Waals surface area (Å²) in [5.41, 5.74) is 7.42. The molecular weight excluding hydrogens is 464 g/mol. The molecule has 0 aromatic heterocycles. The number of thioether (sulfide) groups is 1. The van der Waals surface area contributed by atoms with Crippen molar-refractivity contribution in [1.82, 2.24) is 0 Å². The van der Waals surface area contributed by atoms with Gasteiger partial charge in [0.15, 0.2) is 0 Å². The lowest BCUT2D eigenvalue weighted by atomic mass is 9.63. The first-order valence-electron chi connectivity index (χ1n) is 12.5. The van der Waals surface area contributed by atoms with Gasteiger partial charge in [0.25, 0.3) is 0 Å². The molecule has 0 heterocycles. The number of hydrogen-bond acceptors (Lipinski definition) is 3. The van der Waals surface area contributed by atoms with Gasteiger partial charge in [-0.1, -0.05) is 87.9 Å². The van der Waals surface area contributed by atoms with Gasteiger partial charge in [-0.25, -0.2) is 4.79 Å². The molecular formula is C32H36O3S. The summed E-state index contributed by atoms with van der Waals surface area (Å²) in [4.78, 5) is 12.4. The number of aliphatic hydroxyl groups excluding tert-OH is 1. The number of rotatable bonds is 7. The van der Waals surface area contributed by atoms with Crippen molar-refractivity contribution in [2.75, 3.05) is 0 Å². The van der Waals surface area contributed by atoms with Crippen LogP contribution in [0.2, 0.25) is 0 Å². The highest BCUT2D eigenvalue weighted by molar-refractivity contribution is 7.98. The zero-order chi connectivity index (χ0) is 26.1. The van der Waals surface area contributed by atoms with E-state index in [1.54, 1.807) is 30.3 Å². The standard InChI is InChI=1S/C32H36O3S/c1-21-6-8-23(9-7-21)20-36-28-19-25(18-26-29(28)32(4,5)17-16-31(26,2)3)27(33)15-12-22-10-13-24(14-11-22)30(34)35/h6-15,18-19,27,33H,16-17,20H2,1-5H3,(H,34,35). The Morgan fingerprint density at radius 3 is 2.25 bits per heavy atom. The van der Waals surface area contributed by atoms with Gasteiger partial charge in [-0.15, -0.1) is 11.8 Å². The van der Waals surface area contributed by atoms with Crippen LogP contribution < -0.4 is 0 Å². The molecule has 0 fully saturated rings. The second-order valence-electron chi connectivity index (χ2n) is 11.2. The topological polar surface area (TPSA) is 57.5 Å². The van der Waals surface area contributed by atoms with Gasteiger partial charge in [-0.05, 0) is 76.6 Å². The molecule has 3 aromatic carbocycles. The molecule has 4 heteroatoms. The van der Waals surface area contributed by atoms with Crippen molar-refractivity contribution in [3.05, 3.63) is 106 Å². The van der Waals surface area contributed by atoms with Crippen molar-refractivity contribution in [3.8, 4) is 0 Å². The zero-order valence-electron chi connectivity index (χ0n) is 21.8. The van der Waals surface area contributed by atoms with E-state index in [2.05, 4.69) is 71.0 Å². The van der Waals surface area contributed by atoms with Gasteiger partial charge in [0.1, 0.15) is 0 Å². The summed E-state index contributed by atoms with van der Waals surface area (Å²) in [6.45, 7) is 11.4. The van der Waals surface area contributed by atoms with Gasteiger partial charge >= 0.3 is 5.97 Å². The molecule has 1 unspecified atom stereocenters. The molecule has 0 amide bonds. The Bertz CT molecular complexity index is 1270. The maximum absolute atomic E-state index is 11.2. The fourth-order valence-electron chi connectivity index (χ4n) is 4.93. The van der Waals surface area contributed by atoms with Crippen molar-refractivity contribution in [3.63, 3.8) is 0 Å². The summed E-state index contributed by atoms with van der Waals surface area (Å²) in [6.07, 6.45) is 5.13. The van der Waals surface area contributed by atoms with E-state index in [0.29, 0.717) is 0 Å². The second kappa shape index (κ2) is 10.3. The molecule has 0 aliphatic heterocycles. The Morgan fingerprint density at radius 1 is 0.972 bits per heavy atom. The summed E-state index contributed by atoms with van der Waals surface area (Å²) in [5, 5.41) is 20.3. The molecule has 1 aliphatic carbocycles. The van der Waals surface area contributed by atoms with Crippen LogP contribution in [-0.2, 0) is 16.6 Å². The van der Waals surface area contributed by atoms with Crippen LogP contribution in [0.25, 0.3) is 6.08 Å². The number of benzene rings is 3. The number of carboxylic acid groups (broad SMARTS) is 1. The number of carbonyl (C=O) groups is 1. The lowest BCUT2D eigenvalue weighted by Gasteiger charge is -2.43. The van der Waals surface area contributed by atoms with Gasteiger partial charge in [0, 0.05) is 10.6 Å². The van der Waals surface area contributed by atoms with Crippen LogP contribution in [0.4, 0.5) is 0 Å². The average Bonchev–Trinajstić information content (AvgIpc) is 2.85. The van der Waals surface area contributed by atoms with Crippen LogP contribution in [0.3, 0.4) is 0 Å². The van der Waals surface area contributed by atoms with E-state index >= 15 is 0 Å². The quantitative estimate of drug-likeness (QED) is 0.322. The Morgan fingerprint density at radius 2 is 1.61 bits per heavy atom. The highest BCUT2D eigenvalue weighted by Gasteiger charge is 2.39. The Kier molecular flexibility index (Phi) is 7.49. The third kappa shape index (κ3) is 5.77. The first kappa shape index (κ1) is 26.2. The van der Waals surface area contributed by atoms with E-state index in [0.717, 1.165) is 29.7 Å². The van der Waals surface area contributed by atoms with Crippen molar-refractivity contribution in [1.29, 1.82) is 0 Å². The molecule has 188 valence electrons. The predicted molar refractivity (Wildman–Crippen MR) is 150 cm³/mol. The number of aliphatic hydroxyl groups is 1. The summed E-state index contributed by atoms with van der Waals surface area (Å²) in [5.74, 6) is -0.0602. The molecule has 0 bridgehead atoms. The number of fused-ring (bicyclic) bond motifs is 1. The smallest absolute Gasteiger partial charge is 0.335 e. The van der Waals surface area contributed by atoms with Crippen molar-refractivity contribution >= 4 is 23.8 Å². The van der Waals surface area contributed by atoms with Crippen LogP contribution in [0.15, 0.2) is 71.6 Å². The van der Waals surface area contributed by atoms with E-state index in [9.17, 15) is 9.90 Å². The fraction of sp³-hybridized carbons (Fsp3) is 0.344. The molecule has 1 atom stereocenters. The van der Waals surface area contributed by atoms with Crippen LogP contribution in [0.5, 0.6) is 0 Å². The molecule has 0 spiro atoms. The number of aromatic carboxylic acids is 1. The van der Waals surface area contributed by atoms with E-state index in [-0.39, 0.29) is 16.4 Å². The van der Waals surface area contributed by atoms with Gasteiger partial charge < -0.3 is 10.2 Å². The molecule has 1 aliphatic rings. The minimum atomic E-state index is -0.944. The minimum Gasteiger partial charge on any atom is -0.478 e. The lowest BCUT2D eigenvalue weighted by molar-refractivity contribution is 0.0697. The van der Waals surface area contributed by atoms with Crippen LogP contribution in [0.1, 0.15) is 90.4 Å². The molecule has 0 saturated carbocycles. The molecule has 2 N–H and O–H groups in total. The summed E-state index contributed by atoms with van der Waals surface area (Å²) < 4.78 is 0. The molecule has 36 heavy (non-hydrogen) atoms. The lowest BCUT2D eigenvalue weighted by Crippen LogP contribution is -2.34. The first-order chi connectivity index (χ1) is 17.0. The summed E-state index contributed by atoms with van der Waals surface area (Å²) >= 11 is 1.86. The maximum atomic E-state index is 11.2. The molecule has 3 nitrogen and oxygen atoms in total. The summed E-state index contributed by atoms with van der Waals surface area (Å²) in [7, 11) is 0. The van der Waals surface area contributed by atoms with Crippen LogP contribution in [-0.4, -0.2) is 16.2 Å². The van der Waals surface area contributed by atoms with Crippen LogP contribution in [0, 0.1) is 6.92 Å². The van der Waals surface area contributed by atoms with Gasteiger partial charge in [0.2, 0.25) is 0 Å². The second-order valence-corrected chi connectivity index (χ2v) is 12.2. The van der Waals surface area contributed by atoms with Crippen LogP contribution >= 0.6 is 11.8 Å². The SMILES string of the molecule is Cc1ccc(CSc2cc(C(O)C=Cc3ccc(C(=O)O)cc3)cc3c2C(C)(C)CCC3(C)C)cc1. The van der Waals surface area contributed by atoms with Crippen molar-refractivity contribution < 1.29 is 15.0 Å². The predicted octanol–water partition coefficient (Wildman–Crippen LogP) is 8.08. The van der Waals surface area contributed by atoms with E-state index in [4.69, 9.17) is 5.11 Å². The Labute approximate surface area is 219 Å². The van der Waals surface area contributed by atoms with Gasteiger partial charge in [-0.3, -0.25) is 0 Å². The van der Waals surface area contributed by atoms with E-state index in [1.165, 1.54) is 27.1 Å². The molecule has 0 saturated heterocycles. The Hall–Kier alpha value is -2.82. The molecule has 4 rings (SSSR count). The maximum Gasteiger partial charge on any atom is 0.335 e. The Balaban J connectivity index is 1.69. The third-order valence-corrected chi connectivity index (χ3v) is 8.50. The van der Waals surface area contributed by atoms with E-state index in [1.807, 2.05) is 17.8 Å². The largest absolute Gasteiger partial charge is 0.478 e. The average molecular weight is 501 g/mol.